The van der Waals surface area contributed by atoms with E-state index in [1.54, 1.807) is 24.3 Å². The molecule has 2 aliphatic heterocycles. The summed E-state index contributed by atoms with van der Waals surface area (Å²) in [5.41, 5.74) is 0.584. The van der Waals surface area contributed by atoms with Crippen molar-refractivity contribution in [1.82, 2.24) is 0 Å². The molecule has 0 amide bonds. The quantitative estimate of drug-likeness (QED) is 0.623. The summed E-state index contributed by atoms with van der Waals surface area (Å²) < 4.78 is 6.79. The first-order valence-electron chi connectivity index (χ1n) is 8.35. The minimum absolute atomic E-state index is 0.229. The minimum atomic E-state index is -0.229. The molecule has 0 bridgehead atoms. The number of esters is 1. The van der Waals surface area contributed by atoms with Gasteiger partial charge >= 0.3 is 5.97 Å². The average Bonchev–Trinajstić information content (AvgIpc) is 2.52. The van der Waals surface area contributed by atoms with Crippen molar-refractivity contribution in [2.75, 3.05) is 26.7 Å². The molecule has 0 aromatic heterocycles. The Morgan fingerprint density at radius 2 is 1.91 bits per heavy atom. The standard InChI is InChI=1S/C18H25ClNO2/c1-20-11-3-2-6-17(20)15(5-4-12-20)13-22-18(21)14-7-9-16(19)10-8-14/h7-10,15,17H,2-6,11-13H2,1H3/q+1/t15-,17+,20+/m0/s1. The van der Waals surface area contributed by atoms with E-state index in [0.717, 1.165) is 0 Å². The molecule has 3 nitrogen and oxygen atoms in total. The number of benzene rings is 1. The largest absolute Gasteiger partial charge is 0.462 e. The van der Waals surface area contributed by atoms with Gasteiger partial charge in [0.2, 0.25) is 0 Å². The van der Waals surface area contributed by atoms with Crippen LogP contribution in [0.2, 0.25) is 5.02 Å². The fraction of sp³-hybridized carbons (Fsp3) is 0.611. The summed E-state index contributed by atoms with van der Waals surface area (Å²) in [7, 11) is 2.39. The average molecular weight is 323 g/mol. The van der Waals surface area contributed by atoms with E-state index < -0.39 is 0 Å². The third-order valence-electron chi connectivity index (χ3n) is 5.52. The lowest BCUT2D eigenvalue weighted by Crippen LogP contribution is -2.61. The van der Waals surface area contributed by atoms with Crippen molar-refractivity contribution in [3.63, 3.8) is 0 Å². The molecule has 0 unspecified atom stereocenters. The number of quaternary nitrogens is 1. The normalized spacial score (nSPS) is 31.4. The van der Waals surface area contributed by atoms with Crippen LogP contribution in [0.1, 0.15) is 42.5 Å². The van der Waals surface area contributed by atoms with E-state index in [-0.39, 0.29) is 5.97 Å². The zero-order chi connectivity index (χ0) is 15.6. The van der Waals surface area contributed by atoms with Gasteiger partial charge in [0.05, 0.1) is 31.7 Å². The molecule has 22 heavy (non-hydrogen) atoms. The van der Waals surface area contributed by atoms with Gasteiger partial charge in [0.15, 0.2) is 0 Å². The van der Waals surface area contributed by atoms with Crippen LogP contribution in [-0.4, -0.2) is 43.2 Å². The van der Waals surface area contributed by atoms with E-state index >= 15 is 0 Å². The molecule has 0 aliphatic carbocycles. The van der Waals surface area contributed by atoms with E-state index in [2.05, 4.69) is 7.05 Å². The second kappa shape index (κ2) is 6.59. The summed E-state index contributed by atoms with van der Waals surface area (Å²) in [5.74, 6) is 0.280. The summed E-state index contributed by atoms with van der Waals surface area (Å²) in [6.45, 7) is 3.12. The van der Waals surface area contributed by atoms with Gasteiger partial charge < -0.3 is 9.22 Å². The van der Waals surface area contributed by atoms with E-state index in [0.29, 0.717) is 29.2 Å². The van der Waals surface area contributed by atoms with Crippen LogP contribution in [0.5, 0.6) is 0 Å². The van der Waals surface area contributed by atoms with Gasteiger partial charge in [-0.25, -0.2) is 4.79 Å². The predicted molar refractivity (Wildman–Crippen MR) is 88.0 cm³/mol. The zero-order valence-corrected chi connectivity index (χ0v) is 14.0. The van der Waals surface area contributed by atoms with Crippen LogP contribution < -0.4 is 0 Å². The second-order valence-corrected chi connectivity index (χ2v) is 7.43. The van der Waals surface area contributed by atoms with Gasteiger partial charge in [-0.05, 0) is 49.9 Å². The van der Waals surface area contributed by atoms with Crippen LogP contribution in [0.15, 0.2) is 24.3 Å². The Kier molecular flexibility index (Phi) is 4.74. The number of hydrogen-bond donors (Lipinski definition) is 0. The highest BCUT2D eigenvalue weighted by Gasteiger charge is 2.43. The van der Waals surface area contributed by atoms with E-state index in [9.17, 15) is 4.79 Å². The molecule has 1 aromatic rings. The Morgan fingerprint density at radius 1 is 1.18 bits per heavy atom. The van der Waals surface area contributed by atoms with Gasteiger partial charge in [-0.3, -0.25) is 0 Å². The Labute approximate surface area is 137 Å². The lowest BCUT2D eigenvalue weighted by molar-refractivity contribution is -0.947. The zero-order valence-electron chi connectivity index (χ0n) is 13.3. The van der Waals surface area contributed by atoms with E-state index in [1.807, 2.05) is 0 Å². The first-order valence-corrected chi connectivity index (χ1v) is 8.73. The molecule has 2 heterocycles. The Bertz CT molecular complexity index is 526. The number of fused-ring (bicyclic) bond motifs is 1. The Morgan fingerprint density at radius 3 is 2.68 bits per heavy atom. The van der Waals surface area contributed by atoms with Crippen LogP contribution in [-0.2, 0) is 4.74 Å². The number of nitrogens with zero attached hydrogens (tertiary/aromatic N) is 1. The van der Waals surface area contributed by atoms with Gasteiger partial charge in [-0.2, -0.15) is 0 Å². The number of piperidine rings is 2. The topological polar surface area (TPSA) is 26.3 Å². The number of ether oxygens (including phenoxy) is 1. The molecule has 0 N–H and O–H groups in total. The summed E-state index contributed by atoms with van der Waals surface area (Å²) in [6, 6.07) is 7.58. The third kappa shape index (κ3) is 3.31. The molecule has 0 spiro atoms. The predicted octanol–water partition coefficient (Wildman–Crippen LogP) is 3.91. The highest BCUT2D eigenvalue weighted by atomic mass is 35.5. The maximum Gasteiger partial charge on any atom is 0.338 e. The number of rotatable bonds is 3. The monoisotopic (exact) mass is 322 g/mol. The van der Waals surface area contributed by atoms with E-state index in [4.69, 9.17) is 16.3 Å². The van der Waals surface area contributed by atoms with Crippen molar-refractivity contribution in [1.29, 1.82) is 0 Å². The van der Waals surface area contributed by atoms with Gasteiger partial charge in [0.25, 0.3) is 0 Å². The van der Waals surface area contributed by atoms with Crippen LogP contribution >= 0.6 is 11.6 Å². The Balaban J connectivity index is 1.60. The molecular formula is C18H25ClNO2+. The van der Waals surface area contributed by atoms with E-state index in [1.165, 1.54) is 49.7 Å². The van der Waals surface area contributed by atoms with Crippen molar-refractivity contribution in [2.45, 2.75) is 38.1 Å². The third-order valence-corrected chi connectivity index (χ3v) is 5.77. The number of carbonyl (C=O) groups excluding carboxylic acids is 1. The number of halogens is 1. The molecule has 3 atom stereocenters. The molecule has 4 heteroatoms. The van der Waals surface area contributed by atoms with Gasteiger partial charge in [0, 0.05) is 17.4 Å². The molecule has 3 rings (SSSR count). The molecule has 120 valence electrons. The molecule has 1 aromatic carbocycles. The van der Waals surface area contributed by atoms with Gasteiger partial charge in [-0.15, -0.1) is 0 Å². The fourth-order valence-electron chi connectivity index (χ4n) is 4.28. The molecule has 0 saturated carbocycles. The van der Waals surface area contributed by atoms with Gasteiger partial charge in [-0.1, -0.05) is 11.6 Å². The number of carbonyl (C=O) groups is 1. The van der Waals surface area contributed by atoms with Crippen molar-refractivity contribution < 1.29 is 14.0 Å². The van der Waals surface area contributed by atoms with Crippen LogP contribution in [0.25, 0.3) is 0 Å². The highest BCUT2D eigenvalue weighted by molar-refractivity contribution is 6.30. The van der Waals surface area contributed by atoms with Crippen molar-refractivity contribution in [3.05, 3.63) is 34.9 Å². The maximum absolute atomic E-state index is 12.2. The molecule has 2 saturated heterocycles. The van der Waals surface area contributed by atoms with Crippen LogP contribution in [0, 0.1) is 5.92 Å². The smallest absolute Gasteiger partial charge is 0.338 e. The summed E-state index contributed by atoms with van der Waals surface area (Å²) in [4.78, 5) is 12.2. The number of hydrogen-bond acceptors (Lipinski definition) is 2. The molecule has 2 fully saturated rings. The SMILES string of the molecule is C[N@+]12CCCC[C@@H]1[C@H](COC(=O)c1ccc(Cl)cc1)CCC2. The first kappa shape index (κ1) is 15.8. The van der Waals surface area contributed by atoms with Crippen molar-refractivity contribution in [2.24, 2.45) is 5.92 Å². The summed E-state index contributed by atoms with van der Waals surface area (Å²) >= 11 is 5.85. The molecular weight excluding hydrogens is 298 g/mol. The maximum atomic E-state index is 12.2. The Hall–Kier alpha value is -1.06. The van der Waals surface area contributed by atoms with Crippen molar-refractivity contribution >= 4 is 17.6 Å². The molecule has 2 aliphatic rings. The first-order chi connectivity index (χ1) is 10.6. The fourth-order valence-corrected chi connectivity index (χ4v) is 4.41. The molecule has 0 radical (unpaired) electrons. The summed E-state index contributed by atoms with van der Waals surface area (Å²) in [6.07, 6.45) is 6.37. The minimum Gasteiger partial charge on any atom is -0.462 e. The summed E-state index contributed by atoms with van der Waals surface area (Å²) in [5, 5.41) is 0.638. The second-order valence-electron chi connectivity index (χ2n) is 7.00. The van der Waals surface area contributed by atoms with Gasteiger partial charge in [0.1, 0.15) is 6.61 Å². The lowest BCUT2D eigenvalue weighted by Gasteiger charge is -2.51. The van der Waals surface area contributed by atoms with Crippen LogP contribution in [0.4, 0.5) is 0 Å². The lowest BCUT2D eigenvalue weighted by atomic mass is 9.82. The van der Waals surface area contributed by atoms with Crippen LogP contribution in [0.3, 0.4) is 0 Å². The van der Waals surface area contributed by atoms with Crippen molar-refractivity contribution in [3.8, 4) is 0 Å². The highest BCUT2D eigenvalue weighted by Crippen LogP contribution is 2.36.